The zero-order valence-electron chi connectivity index (χ0n) is 18.6. The lowest BCUT2D eigenvalue weighted by Crippen LogP contribution is -2.48. The first-order valence-electron chi connectivity index (χ1n) is 10.7. The van der Waals surface area contributed by atoms with Crippen molar-refractivity contribution >= 4 is 11.6 Å². The van der Waals surface area contributed by atoms with Gasteiger partial charge in [-0.3, -0.25) is 4.79 Å². The summed E-state index contributed by atoms with van der Waals surface area (Å²) >= 11 is 0. The number of nitrogens with zero attached hydrogens (tertiary/aromatic N) is 1. The summed E-state index contributed by atoms with van der Waals surface area (Å²) in [6.07, 6.45) is 0.794. The van der Waals surface area contributed by atoms with Gasteiger partial charge in [0.05, 0.1) is 25.4 Å². The molecule has 5 heteroatoms. The van der Waals surface area contributed by atoms with Gasteiger partial charge in [-0.25, -0.2) is 0 Å². The predicted octanol–water partition coefficient (Wildman–Crippen LogP) is 4.62. The molecule has 160 valence electrons. The van der Waals surface area contributed by atoms with Crippen LogP contribution in [-0.2, 0) is 25.5 Å². The van der Waals surface area contributed by atoms with Crippen LogP contribution in [0.3, 0.4) is 0 Å². The van der Waals surface area contributed by atoms with Crippen LogP contribution < -0.4 is 9.64 Å². The maximum Gasteiger partial charge on any atom is 0.292 e. The molecule has 5 nitrogen and oxygen atoms in total. The molecule has 0 aliphatic carbocycles. The summed E-state index contributed by atoms with van der Waals surface area (Å²) in [5.41, 5.74) is 5.21. The first kappa shape index (κ1) is 20.9. The van der Waals surface area contributed by atoms with Crippen LogP contribution in [0.25, 0.3) is 0 Å². The molecule has 0 radical (unpaired) electrons. The lowest BCUT2D eigenvalue weighted by molar-refractivity contribution is -0.256. The number of hydrogen-bond acceptors (Lipinski definition) is 4. The molecule has 0 bridgehead atoms. The van der Waals surface area contributed by atoms with Crippen molar-refractivity contribution in [1.29, 1.82) is 0 Å². The maximum atomic E-state index is 13.4. The highest BCUT2D eigenvalue weighted by molar-refractivity contribution is 6.07. The van der Waals surface area contributed by atoms with E-state index in [1.165, 1.54) is 5.56 Å². The van der Waals surface area contributed by atoms with E-state index in [9.17, 15) is 4.79 Å². The molecule has 2 aromatic carbocycles. The topological polar surface area (TPSA) is 48.0 Å². The molecule has 2 aliphatic heterocycles. The zero-order chi connectivity index (χ0) is 21.5. The summed E-state index contributed by atoms with van der Waals surface area (Å²) in [6, 6.07) is 12.3. The molecule has 0 atom stereocenters. The molecule has 2 aromatic rings. The average Bonchev–Trinajstić information content (AvgIpc) is 2.91. The highest BCUT2D eigenvalue weighted by Crippen LogP contribution is 2.47. The van der Waals surface area contributed by atoms with Crippen molar-refractivity contribution < 1.29 is 19.0 Å². The van der Waals surface area contributed by atoms with Crippen molar-refractivity contribution in [2.45, 2.75) is 52.2 Å². The first-order valence-corrected chi connectivity index (χ1v) is 10.7. The lowest BCUT2D eigenvalue weighted by Gasteiger charge is -2.32. The monoisotopic (exact) mass is 409 g/mol. The van der Waals surface area contributed by atoms with E-state index in [0.29, 0.717) is 26.4 Å². The van der Waals surface area contributed by atoms with Gasteiger partial charge in [-0.15, -0.1) is 0 Å². The number of rotatable bonds is 4. The number of carbonyl (C=O) groups excluding carboxylic acids is 1. The summed E-state index contributed by atoms with van der Waals surface area (Å²) in [6.45, 7) is 12.5. The van der Waals surface area contributed by atoms with E-state index in [1.54, 1.807) is 4.90 Å². The predicted molar refractivity (Wildman–Crippen MR) is 117 cm³/mol. The fraction of sp³-hybridized carbons (Fsp3) is 0.480. The highest BCUT2D eigenvalue weighted by Gasteiger charge is 2.55. The van der Waals surface area contributed by atoms with Crippen LogP contribution >= 0.6 is 0 Å². The maximum absolute atomic E-state index is 13.4. The van der Waals surface area contributed by atoms with Gasteiger partial charge in [0.2, 0.25) is 0 Å². The van der Waals surface area contributed by atoms with Crippen LogP contribution in [0.4, 0.5) is 5.69 Å². The smallest absolute Gasteiger partial charge is 0.292 e. The SMILES string of the molecule is Cc1cc(C)c2c(c1)C1(OCCCO1)C(=O)N2CCOc1ccc(C(C)(C)C)cc1. The van der Waals surface area contributed by atoms with Crippen molar-refractivity contribution in [1.82, 2.24) is 0 Å². The van der Waals surface area contributed by atoms with E-state index in [-0.39, 0.29) is 11.3 Å². The molecule has 1 amide bonds. The largest absolute Gasteiger partial charge is 0.492 e. The molecule has 1 spiro atoms. The number of fused-ring (bicyclic) bond motifs is 2. The number of carbonyl (C=O) groups is 1. The third-order valence-corrected chi connectivity index (χ3v) is 5.80. The Morgan fingerprint density at radius 3 is 2.37 bits per heavy atom. The normalized spacial score (nSPS) is 18.0. The molecule has 2 aliphatic rings. The van der Waals surface area contributed by atoms with Gasteiger partial charge in [0, 0.05) is 5.56 Å². The minimum absolute atomic E-state index is 0.105. The van der Waals surface area contributed by atoms with Gasteiger partial charge in [-0.1, -0.05) is 44.5 Å². The molecule has 0 N–H and O–H groups in total. The molecule has 1 fully saturated rings. The van der Waals surface area contributed by atoms with Gasteiger partial charge in [0.15, 0.2) is 0 Å². The van der Waals surface area contributed by atoms with Crippen LogP contribution in [0.5, 0.6) is 5.75 Å². The van der Waals surface area contributed by atoms with E-state index in [4.69, 9.17) is 14.2 Å². The Morgan fingerprint density at radius 2 is 1.73 bits per heavy atom. The molecular weight excluding hydrogens is 378 g/mol. The van der Waals surface area contributed by atoms with Crippen molar-refractivity contribution in [2.75, 3.05) is 31.3 Å². The van der Waals surface area contributed by atoms with Gasteiger partial charge < -0.3 is 19.1 Å². The minimum atomic E-state index is -1.31. The Balaban J connectivity index is 1.53. The zero-order valence-corrected chi connectivity index (χ0v) is 18.6. The number of anilines is 1. The third kappa shape index (κ3) is 3.61. The molecule has 30 heavy (non-hydrogen) atoms. The van der Waals surface area contributed by atoms with Crippen LogP contribution in [-0.4, -0.2) is 32.3 Å². The summed E-state index contributed by atoms with van der Waals surface area (Å²) in [5, 5.41) is 0. The number of hydrogen-bond donors (Lipinski definition) is 0. The Morgan fingerprint density at radius 1 is 1.07 bits per heavy atom. The van der Waals surface area contributed by atoms with Crippen molar-refractivity contribution in [3.05, 3.63) is 58.7 Å². The van der Waals surface area contributed by atoms with Gasteiger partial charge >= 0.3 is 0 Å². The second-order valence-corrected chi connectivity index (χ2v) is 9.22. The molecule has 0 aromatic heterocycles. The van der Waals surface area contributed by atoms with E-state index in [1.807, 2.05) is 32.0 Å². The number of benzene rings is 2. The van der Waals surface area contributed by atoms with Crippen LogP contribution in [0.15, 0.2) is 36.4 Å². The Labute approximate surface area is 178 Å². The van der Waals surface area contributed by atoms with Gasteiger partial charge in [0.1, 0.15) is 12.4 Å². The van der Waals surface area contributed by atoms with Crippen molar-refractivity contribution in [3.63, 3.8) is 0 Å². The second kappa shape index (κ2) is 7.71. The van der Waals surface area contributed by atoms with E-state index in [0.717, 1.165) is 34.5 Å². The molecule has 4 rings (SSSR count). The van der Waals surface area contributed by atoms with Gasteiger partial charge in [-0.2, -0.15) is 0 Å². The van der Waals surface area contributed by atoms with Gasteiger partial charge in [-0.05, 0) is 55.0 Å². The van der Waals surface area contributed by atoms with Crippen LogP contribution in [0, 0.1) is 13.8 Å². The summed E-state index contributed by atoms with van der Waals surface area (Å²) in [7, 11) is 0. The molecular formula is C25H31NO4. The van der Waals surface area contributed by atoms with Crippen LogP contribution in [0.1, 0.15) is 49.4 Å². The summed E-state index contributed by atoms with van der Waals surface area (Å²) < 4.78 is 17.9. The molecule has 0 unspecified atom stereocenters. The number of ether oxygens (including phenoxy) is 3. The van der Waals surface area contributed by atoms with E-state index < -0.39 is 5.79 Å². The Hall–Kier alpha value is -2.37. The summed E-state index contributed by atoms with van der Waals surface area (Å²) in [4.78, 5) is 15.2. The Kier molecular flexibility index (Phi) is 5.37. The number of amides is 1. The summed E-state index contributed by atoms with van der Waals surface area (Å²) in [5.74, 6) is -0.661. The minimum Gasteiger partial charge on any atom is -0.492 e. The molecule has 0 saturated carbocycles. The fourth-order valence-electron chi connectivity index (χ4n) is 4.29. The first-order chi connectivity index (χ1) is 14.2. The van der Waals surface area contributed by atoms with Gasteiger partial charge in [0.25, 0.3) is 11.7 Å². The van der Waals surface area contributed by atoms with Crippen molar-refractivity contribution in [2.24, 2.45) is 0 Å². The van der Waals surface area contributed by atoms with E-state index >= 15 is 0 Å². The fourth-order valence-corrected chi connectivity index (χ4v) is 4.29. The highest BCUT2D eigenvalue weighted by atomic mass is 16.7. The second-order valence-electron chi connectivity index (χ2n) is 9.22. The van der Waals surface area contributed by atoms with Crippen LogP contribution in [0.2, 0.25) is 0 Å². The standard InChI is InChI=1S/C25H31NO4/c1-17-15-18(2)22-21(16-17)25(29-12-6-13-30-25)23(27)26(22)11-14-28-20-9-7-19(8-10-20)24(3,4)5/h7-10,15-16H,6,11-14H2,1-5H3. The number of aryl methyl sites for hydroxylation is 2. The average molecular weight is 410 g/mol. The van der Waals surface area contributed by atoms with E-state index in [2.05, 4.69) is 39.0 Å². The lowest BCUT2D eigenvalue weighted by atomic mass is 9.87. The third-order valence-electron chi connectivity index (χ3n) is 5.80. The molecule has 2 heterocycles. The molecule has 1 saturated heterocycles. The quantitative estimate of drug-likeness (QED) is 0.740. The van der Waals surface area contributed by atoms with Crippen molar-refractivity contribution in [3.8, 4) is 5.75 Å². The Bertz CT molecular complexity index is 937.